The van der Waals surface area contributed by atoms with Gasteiger partial charge in [0.15, 0.2) is 0 Å². The lowest BCUT2D eigenvalue weighted by atomic mass is 10.2. The van der Waals surface area contributed by atoms with Gasteiger partial charge in [0.05, 0.1) is 26.4 Å². The Morgan fingerprint density at radius 2 is 2.29 bits per heavy atom. The number of hydrogen-bond acceptors (Lipinski definition) is 5. The molecule has 0 N–H and O–H groups in total. The molecule has 0 aromatic rings. The first-order valence-electron chi connectivity index (χ1n) is 6.33. The van der Waals surface area contributed by atoms with Crippen LogP contribution in [0.1, 0.15) is 20.3 Å². The topological polar surface area (TPSA) is 48.0 Å². The number of esters is 1. The van der Waals surface area contributed by atoms with Crippen LogP contribution in [-0.2, 0) is 19.0 Å². The van der Waals surface area contributed by atoms with Crippen molar-refractivity contribution in [3.63, 3.8) is 0 Å². The second-order valence-electron chi connectivity index (χ2n) is 4.03. The molecule has 0 aliphatic carbocycles. The summed E-state index contributed by atoms with van der Waals surface area (Å²) in [5.74, 6) is -0.290. The minimum absolute atomic E-state index is 0.0506. The van der Waals surface area contributed by atoms with Gasteiger partial charge in [-0.15, -0.1) is 0 Å². The summed E-state index contributed by atoms with van der Waals surface area (Å²) in [5.41, 5.74) is 0. The van der Waals surface area contributed by atoms with Gasteiger partial charge in [-0.3, -0.25) is 4.90 Å². The molecule has 1 unspecified atom stereocenters. The second kappa shape index (κ2) is 8.44. The molecule has 0 aromatic heterocycles. The third-order valence-corrected chi connectivity index (χ3v) is 2.87. The fourth-order valence-electron chi connectivity index (χ4n) is 1.90. The maximum absolute atomic E-state index is 11.0. The highest BCUT2D eigenvalue weighted by Crippen LogP contribution is 2.09. The Morgan fingerprint density at radius 1 is 1.47 bits per heavy atom. The molecule has 1 heterocycles. The van der Waals surface area contributed by atoms with Crippen LogP contribution in [-0.4, -0.2) is 63.0 Å². The molecular formula is C12H23NO4. The molecule has 0 amide bonds. The van der Waals surface area contributed by atoms with Crippen LogP contribution >= 0.6 is 0 Å². The average Bonchev–Trinajstić information content (AvgIpc) is 2.35. The average molecular weight is 245 g/mol. The number of hydrogen-bond donors (Lipinski definition) is 0. The highest BCUT2D eigenvalue weighted by atomic mass is 16.6. The molecule has 1 aliphatic heterocycles. The summed E-state index contributed by atoms with van der Waals surface area (Å²) >= 11 is 0. The van der Waals surface area contributed by atoms with Crippen molar-refractivity contribution in [2.45, 2.75) is 26.3 Å². The summed E-state index contributed by atoms with van der Waals surface area (Å²) in [4.78, 5) is 13.4. The number of rotatable bonds is 7. The van der Waals surface area contributed by atoms with E-state index in [-0.39, 0.29) is 12.6 Å². The normalized spacial score (nSPS) is 21.4. The van der Waals surface area contributed by atoms with E-state index in [0.29, 0.717) is 19.3 Å². The molecule has 1 saturated heterocycles. The van der Waals surface area contributed by atoms with E-state index in [1.165, 1.54) is 0 Å². The highest BCUT2D eigenvalue weighted by Gasteiger charge is 2.20. The Balaban J connectivity index is 2.10. The third kappa shape index (κ3) is 5.48. The molecular weight excluding hydrogens is 222 g/mol. The van der Waals surface area contributed by atoms with Crippen LogP contribution in [0.3, 0.4) is 0 Å². The molecule has 0 aromatic carbocycles. The van der Waals surface area contributed by atoms with E-state index in [1.807, 2.05) is 0 Å². The van der Waals surface area contributed by atoms with Crippen molar-refractivity contribution in [3.8, 4) is 0 Å². The summed E-state index contributed by atoms with van der Waals surface area (Å²) in [7, 11) is 0. The van der Waals surface area contributed by atoms with Gasteiger partial charge in [-0.2, -0.15) is 0 Å². The first-order valence-corrected chi connectivity index (χ1v) is 6.33. The molecule has 1 fully saturated rings. The van der Waals surface area contributed by atoms with Crippen molar-refractivity contribution in [2.24, 2.45) is 0 Å². The first-order chi connectivity index (χ1) is 8.27. The van der Waals surface area contributed by atoms with E-state index in [4.69, 9.17) is 14.2 Å². The molecule has 0 spiro atoms. The molecule has 17 heavy (non-hydrogen) atoms. The van der Waals surface area contributed by atoms with Crippen LogP contribution in [0.25, 0.3) is 0 Å². The van der Waals surface area contributed by atoms with Crippen molar-refractivity contribution in [1.82, 2.24) is 4.90 Å². The van der Waals surface area contributed by atoms with Crippen molar-refractivity contribution in [1.29, 1.82) is 0 Å². The van der Waals surface area contributed by atoms with Gasteiger partial charge in [0.2, 0.25) is 0 Å². The molecule has 100 valence electrons. The maximum atomic E-state index is 11.0. The Bertz CT molecular complexity index is 223. The number of ether oxygens (including phenoxy) is 3. The fraction of sp³-hybridized carbons (Fsp3) is 0.917. The molecule has 0 bridgehead atoms. The molecule has 1 atom stereocenters. The van der Waals surface area contributed by atoms with Crippen LogP contribution in [0.15, 0.2) is 0 Å². The van der Waals surface area contributed by atoms with E-state index in [1.54, 1.807) is 6.92 Å². The van der Waals surface area contributed by atoms with Crippen LogP contribution in [0.4, 0.5) is 0 Å². The lowest BCUT2D eigenvalue weighted by molar-refractivity contribution is -0.148. The Hall–Kier alpha value is -0.650. The summed E-state index contributed by atoms with van der Waals surface area (Å²) in [6.45, 7) is 8.35. The molecule has 0 radical (unpaired) electrons. The molecule has 1 rings (SSSR count). The molecule has 5 nitrogen and oxygen atoms in total. The van der Waals surface area contributed by atoms with Gasteiger partial charge in [0.25, 0.3) is 0 Å². The van der Waals surface area contributed by atoms with Crippen molar-refractivity contribution in [3.05, 3.63) is 0 Å². The zero-order valence-electron chi connectivity index (χ0n) is 10.8. The van der Waals surface area contributed by atoms with Gasteiger partial charge in [-0.25, -0.2) is 4.79 Å². The van der Waals surface area contributed by atoms with Crippen LogP contribution in [0.2, 0.25) is 0 Å². The Morgan fingerprint density at radius 3 is 3.00 bits per heavy atom. The summed E-state index contributed by atoms with van der Waals surface area (Å²) in [5, 5.41) is 0. The zero-order valence-corrected chi connectivity index (χ0v) is 10.8. The predicted molar refractivity (Wildman–Crippen MR) is 63.9 cm³/mol. The number of carbonyl (C=O) groups is 1. The van der Waals surface area contributed by atoms with E-state index in [0.717, 1.165) is 32.7 Å². The number of morpholine rings is 1. The van der Waals surface area contributed by atoms with Crippen LogP contribution < -0.4 is 0 Å². The largest absolute Gasteiger partial charge is 0.464 e. The predicted octanol–water partition coefficient (Wildman–Crippen LogP) is 0.677. The van der Waals surface area contributed by atoms with E-state index in [2.05, 4.69) is 11.8 Å². The van der Waals surface area contributed by atoms with Crippen LogP contribution in [0, 0.1) is 0 Å². The standard InChI is InChI=1S/C12H23NO4/c1-3-11-9-15-7-5-13(11)6-8-16-10-12(14)17-4-2/h11H,3-10H2,1-2H3. The van der Waals surface area contributed by atoms with Gasteiger partial charge < -0.3 is 14.2 Å². The lowest BCUT2D eigenvalue weighted by Crippen LogP contribution is -2.46. The van der Waals surface area contributed by atoms with E-state index < -0.39 is 0 Å². The second-order valence-corrected chi connectivity index (χ2v) is 4.03. The fourth-order valence-corrected chi connectivity index (χ4v) is 1.90. The van der Waals surface area contributed by atoms with Crippen molar-refractivity contribution >= 4 is 5.97 Å². The monoisotopic (exact) mass is 245 g/mol. The summed E-state index contributed by atoms with van der Waals surface area (Å²) in [6, 6.07) is 0.481. The van der Waals surface area contributed by atoms with Gasteiger partial charge in [-0.1, -0.05) is 6.92 Å². The van der Waals surface area contributed by atoms with E-state index >= 15 is 0 Å². The summed E-state index contributed by atoms with van der Waals surface area (Å²) in [6.07, 6.45) is 1.08. The van der Waals surface area contributed by atoms with Gasteiger partial charge in [0, 0.05) is 19.1 Å². The number of carbonyl (C=O) groups excluding carboxylic acids is 1. The molecule has 1 aliphatic rings. The van der Waals surface area contributed by atoms with Gasteiger partial charge in [-0.05, 0) is 13.3 Å². The SMILES string of the molecule is CCOC(=O)COCCN1CCOCC1CC. The smallest absolute Gasteiger partial charge is 0.332 e. The quantitative estimate of drug-likeness (QED) is 0.487. The molecule has 0 saturated carbocycles. The first kappa shape index (κ1) is 14.4. The van der Waals surface area contributed by atoms with Crippen molar-refractivity contribution in [2.75, 3.05) is 46.1 Å². The maximum Gasteiger partial charge on any atom is 0.332 e. The minimum Gasteiger partial charge on any atom is -0.464 e. The number of nitrogens with zero attached hydrogens (tertiary/aromatic N) is 1. The van der Waals surface area contributed by atoms with Crippen LogP contribution in [0.5, 0.6) is 0 Å². The van der Waals surface area contributed by atoms with Crippen molar-refractivity contribution < 1.29 is 19.0 Å². The minimum atomic E-state index is -0.290. The highest BCUT2D eigenvalue weighted by molar-refractivity contribution is 5.70. The zero-order chi connectivity index (χ0) is 12.5. The van der Waals surface area contributed by atoms with E-state index in [9.17, 15) is 4.79 Å². The summed E-state index contributed by atoms with van der Waals surface area (Å²) < 4.78 is 15.5. The third-order valence-electron chi connectivity index (χ3n) is 2.87. The van der Waals surface area contributed by atoms with Gasteiger partial charge >= 0.3 is 5.97 Å². The Kier molecular flexibility index (Phi) is 7.16. The Labute approximate surface area is 103 Å². The van der Waals surface area contributed by atoms with Gasteiger partial charge in [0.1, 0.15) is 6.61 Å². The lowest BCUT2D eigenvalue weighted by Gasteiger charge is -2.34. The molecule has 5 heteroatoms.